The molecule has 20 heavy (non-hydrogen) atoms. The van der Waals surface area contributed by atoms with E-state index in [1.165, 1.54) is 17.8 Å². The number of carbonyl (C=O) groups is 1. The Morgan fingerprint density at radius 1 is 1.30 bits per heavy atom. The fourth-order valence-corrected chi connectivity index (χ4v) is 4.18. The minimum Gasteiger partial charge on any atom is -0.341 e. The highest BCUT2D eigenvalue weighted by Crippen LogP contribution is 2.29. The van der Waals surface area contributed by atoms with Crippen LogP contribution in [0.2, 0.25) is 0 Å². The predicted octanol–water partition coefficient (Wildman–Crippen LogP) is 2.33. The molecule has 1 aromatic rings. The fourth-order valence-electron chi connectivity index (χ4n) is 3.41. The maximum Gasteiger partial charge on any atom is 0.239 e. The van der Waals surface area contributed by atoms with Crippen LogP contribution in [-0.4, -0.2) is 53.4 Å². The van der Waals surface area contributed by atoms with Gasteiger partial charge in [-0.05, 0) is 39.3 Å². The number of nitrogens with zero attached hydrogens (tertiary/aromatic N) is 3. The molecule has 2 unspecified atom stereocenters. The van der Waals surface area contributed by atoms with Gasteiger partial charge in [0.1, 0.15) is 0 Å². The van der Waals surface area contributed by atoms with E-state index in [0.29, 0.717) is 11.8 Å². The van der Waals surface area contributed by atoms with Gasteiger partial charge in [-0.2, -0.15) is 0 Å². The van der Waals surface area contributed by atoms with Crippen LogP contribution in [0.15, 0.2) is 11.6 Å². The Morgan fingerprint density at radius 3 is 2.95 bits per heavy atom. The highest BCUT2D eigenvalue weighted by Gasteiger charge is 2.33. The summed E-state index contributed by atoms with van der Waals surface area (Å²) in [5, 5.41) is 3.23. The number of hydrogen-bond acceptors (Lipinski definition) is 4. The first-order valence-electron chi connectivity index (χ1n) is 7.64. The summed E-state index contributed by atoms with van der Waals surface area (Å²) in [6, 6.07) is 0.110. The Morgan fingerprint density at radius 2 is 2.20 bits per heavy atom. The zero-order valence-electron chi connectivity index (χ0n) is 12.1. The summed E-state index contributed by atoms with van der Waals surface area (Å²) in [7, 11) is 2.09. The number of amides is 1. The Labute approximate surface area is 124 Å². The molecule has 1 amide bonds. The van der Waals surface area contributed by atoms with Gasteiger partial charge in [-0.3, -0.25) is 9.69 Å². The molecule has 0 aliphatic carbocycles. The van der Waals surface area contributed by atoms with E-state index >= 15 is 0 Å². The molecule has 3 rings (SSSR count). The SMILES string of the molecule is CN1CCCCC1C(=O)N1CCCC(c2nccs2)C1. The van der Waals surface area contributed by atoms with Gasteiger partial charge in [0, 0.05) is 30.6 Å². The topological polar surface area (TPSA) is 36.4 Å². The Kier molecular flexibility index (Phi) is 4.36. The van der Waals surface area contributed by atoms with Crippen LogP contribution >= 0.6 is 11.3 Å². The van der Waals surface area contributed by atoms with Gasteiger partial charge >= 0.3 is 0 Å². The third-order valence-corrected chi connectivity index (χ3v) is 5.53. The number of hydrogen-bond donors (Lipinski definition) is 0. The molecular weight excluding hydrogens is 270 g/mol. The molecule has 110 valence electrons. The largest absolute Gasteiger partial charge is 0.341 e. The smallest absolute Gasteiger partial charge is 0.239 e. The van der Waals surface area contributed by atoms with Crippen LogP contribution in [0.3, 0.4) is 0 Å². The quantitative estimate of drug-likeness (QED) is 0.840. The molecule has 4 nitrogen and oxygen atoms in total. The summed E-state index contributed by atoms with van der Waals surface area (Å²) in [5.74, 6) is 0.787. The van der Waals surface area contributed by atoms with Gasteiger partial charge in [0.2, 0.25) is 5.91 Å². The van der Waals surface area contributed by atoms with E-state index in [-0.39, 0.29) is 6.04 Å². The number of rotatable bonds is 2. The van der Waals surface area contributed by atoms with Gasteiger partial charge in [0.25, 0.3) is 0 Å². The first kappa shape index (κ1) is 14.0. The fraction of sp³-hybridized carbons (Fsp3) is 0.733. The van der Waals surface area contributed by atoms with Crippen LogP contribution in [0.25, 0.3) is 0 Å². The van der Waals surface area contributed by atoms with Crippen molar-refractivity contribution in [3.8, 4) is 0 Å². The van der Waals surface area contributed by atoms with Crippen molar-refractivity contribution in [2.75, 3.05) is 26.7 Å². The summed E-state index contributed by atoms with van der Waals surface area (Å²) >= 11 is 1.72. The molecule has 0 spiro atoms. The second-order valence-corrected chi connectivity index (χ2v) is 6.91. The molecule has 2 saturated heterocycles. The van der Waals surface area contributed by atoms with Crippen molar-refractivity contribution in [3.05, 3.63) is 16.6 Å². The standard InChI is InChI=1S/C15H23N3OS/c1-17-8-3-2-6-13(17)15(19)18-9-4-5-12(11-18)14-16-7-10-20-14/h7,10,12-13H,2-6,8-9,11H2,1H3. The molecule has 0 aromatic carbocycles. The van der Waals surface area contributed by atoms with Crippen molar-refractivity contribution in [3.63, 3.8) is 0 Å². The normalized spacial score (nSPS) is 28.6. The first-order chi connectivity index (χ1) is 9.75. The minimum absolute atomic E-state index is 0.110. The number of carbonyl (C=O) groups excluding carboxylic acids is 1. The lowest BCUT2D eigenvalue weighted by atomic mass is 9.96. The van der Waals surface area contributed by atoms with E-state index < -0.39 is 0 Å². The maximum absolute atomic E-state index is 12.7. The molecule has 2 atom stereocenters. The lowest BCUT2D eigenvalue weighted by Gasteiger charge is -2.38. The van der Waals surface area contributed by atoms with Crippen LogP contribution in [0.4, 0.5) is 0 Å². The third kappa shape index (κ3) is 2.88. The van der Waals surface area contributed by atoms with E-state index in [4.69, 9.17) is 0 Å². The Hall–Kier alpha value is -0.940. The number of piperidine rings is 2. The number of likely N-dealkylation sites (tertiary alicyclic amines) is 2. The lowest BCUT2D eigenvalue weighted by Crippen LogP contribution is -2.51. The average Bonchev–Trinajstić information content (AvgIpc) is 3.01. The molecule has 2 fully saturated rings. The Bertz CT molecular complexity index is 448. The van der Waals surface area contributed by atoms with Crippen molar-refractivity contribution < 1.29 is 4.79 Å². The Balaban J connectivity index is 1.65. The van der Waals surface area contributed by atoms with Gasteiger partial charge in [-0.1, -0.05) is 6.42 Å². The predicted molar refractivity (Wildman–Crippen MR) is 80.9 cm³/mol. The van der Waals surface area contributed by atoms with E-state index in [2.05, 4.69) is 21.8 Å². The monoisotopic (exact) mass is 293 g/mol. The van der Waals surface area contributed by atoms with Gasteiger partial charge in [0.15, 0.2) is 0 Å². The molecule has 0 bridgehead atoms. The van der Waals surface area contributed by atoms with Crippen molar-refractivity contribution in [1.82, 2.24) is 14.8 Å². The van der Waals surface area contributed by atoms with Crippen molar-refractivity contribution in [2.45, 2.75) is 44.1 Å². The second-order valence-electron chi connectivity index (χ2n) is 5.99. The van der Waals surface area contributed by atoms with E-state index in [1.807, 2.05) is 11.6 Å². The highest BCUT2D eigenvalue weighted by atomic mass is 32.1. The average molecular weight is 293 g/mol. The zero-order valence-corrected chi connectivity index (χ0v) is 12.9. The molecule has 0 saturated carbocycles. The molecular formula is C15H23N3OS. The van der Waals surface area contributed by atoms with E-state index in [9.17, 15) is 4.79 Å². The van der Waals surface area contributed by atoms with E-state index in [0.717, 1.165) is 38.9 Å². The summed E-state index contributed by atoms with van der Waals surface area (Å²) in [6.07, 6.45) is 7.57. The molecule has 0 N–H and O–H groups in total. The highest BCUT2D eigenvalue weighted by molar-refractivity contribution is 7.09. The molecule has 5 heteroatoms. The van der Waals surface area contributed by atoms with Crippen LogP contribution in [-0.2, 0) is 4.79 Å². The zero-order chi connectivity index (χ0) is 13.9. The molecule has 3 heterocycles. The minimum atomic E-state index is 0.110. The lowest BCUT2D eigenvalue weighted by molar-refractivity contribution is -0.138. The van der Waals surface area contributed by atoms with Crippen LogP contribution in [0.1, 0.15) is 43.0 Å². The molecule has 1 aromatic heterocycles. The number of thiazole rings is 1. The van der Waals surface area contributed by atoms with Gasteiger partial charge < -0.3 is 4.90 Å². The number of aromatic nitrogens is 1. The molecule has 2 aliphatic rings. The maximum atomic E-state index is 12.7. The second kappa shape index (κ2) is 6.22. The van der Waals surface area contributed by atoms with Crippen molar-refractivity contribution in [2.24, 2.45) is 0 Å². The summed E-state index contributed by atoms with van der Waals surface area (Å²) < 4.78 is 0. The summed E-state index contributed by atoms with van der Waals surface area (Å²) in [5.41, 5.74) is 0. The first-order valence-corrected chi connectivity index (χ1v) is 8.52. The van der Waals surface area contributed by atoms with Gasteiger partial charge in [-0.15, -0.1) is 11.3 Å². The molecule has 0 radical (unpaired) electrons. The van der Waals surface area contributed by atoms with Crippen LogP contribution in [0.5, 0.6) is 0 Å². The van der Waals surface area contributed by atoms with Crippen molar-refractivity contribution >= 4 is 17.2 Å². The van der Waals surface area contributed by atoms with Gasteiger partial charge in [0.05, 0.1) is 11.0 Å². The molecule has 2 aliphatic heterocycles. The van der Waals surface area contributed by atoms with Crippen LogP contribution in [0, 0.1) is 0 Å². The van der Waals surface area contributed by atoms with Gasteiger partial charge in [-0.25, -0.2) is 4.98 Å². The third-order valence-electron chi connectivity index (χ3n) is 4.59. The van der Waals surface area contributed by atoms with Crippen LogP contribution < -0.4 is 0 Å². The number of likely N-dealkylation sites (N-methyl/N-ethyl adjacent to an activating group) is 1. The van der Waals surface area contributed by atoms with Crippen molar-refractivity contribution in [1.29, 1.82) is 0 Å². The summed E-state index contributed by atoms with van der Waals surface area (Å²) in [6.45, 7) is 2.84. The summed E-state index contributed by atoms with van der Waals surface area (Å²) in [4.78, 5) is 21.5. The van der Waals surface area contributed by atoms with E-state index in [1.54, 1.807) is 11.3 Å².